The molecule has 0 fully saturated rings. The molecule has 0 amide bonds. The maximum atomic E-state index is 12.2. The smallest absolute Gasteiger partial charge is 0.258 e. The molecule has 0 unspecified atom stereocenters. The van der Waals surface area contributed by atoms with E-state index in [-0.39, 0.29) is 5.56 Å². The molecule has 0 atom stereocenters. The van der Waals surface area contributed by atoms with E-state index in [9.17, 15) is 4.79 Å². The second kappa shape index (κ2) is 6.55. The fraction of sp³-hybridized carbons (Fsp3) is 0.167. The lowest BCUT2D eigenvalue weighted by atomic mass is 10.3. The summed E-state index contributed by atoms with van der Waals surface area (Å²) in [5, 5.41) is 1.56. The fourth-order valence-corrected chi connectivity index (χ4v) is 3.97. The zero-order valence-corrected chi connectivity index (χ0v) is 15.1. The van der Waals surface area contributed by atoms with Crippen molar-refractivity contribution in [2.75, 3.05) is 7.05 Å². The highest BCUT2D eigenvalue weighted by molar-refractivity contribution is 7.18. The predicted octanol–water partition coefficient (Wildman–Crippen LogP) is 3.59. The standard InChI is InChI=1S/C18H15ClN4OS/c1-22(11-17-21-14-4-2-3-5-15(14)25-17)10-13-8-18(24)23-9-12(19)6-7-16(23)20-13/h2-9H,10-11H2,1H3. The monoisotopic (exact) mass is 370 g/mol. The molecule has 3 aromatic heterocycles. The van der Waals surface area contributed by atoms with Gasteiger partial charge in [-0.3, -0.25) is 14.1 Å². The molecule has 0 spiro atoms. The van der Waals surface area contributed by atoms with Crippen molar-refractivity contribution in [3.8, 4) is 0 Å². The number of aromatic nitrogens is 3. The fourth-order valence-electron chi connectivity index (χ4n) is 2.76. The third kappa shape index (κ3) is 3.42. The van der Waals surface area contributed by atoms with E-state index in [0.29, 0.717) is 23.8 Å². The Balaban J connectivity index is 1.55. The van der Waals surface area contributed by atoms with Crippen LogP contribution >= 0.6 is 22.9 Å². The molecule has 7 heteroatoms. The summed E-state index contributed by atoms with van der Waals surface area (Å²) in [6, 6.07) is 13.2. The Hall–Kier alpha value is -2.28. The van der Waals surface area contributed by atoms with Crippen molar-refractivity contribution < 1.29 is 0 Å². The normalized spacial score (nSPS) is 11.6. The molecular weight excluding hydrogens is 356 g/mol. The maximum Gasteiger partial charge on any atom is 0.258 e. The van der Waals surface area contributed by atoms with Crippen LogP contribution in [0.1, 0.15) is 10.7 Å². The van der Waals surface area contributed by atoms with E-state index in [4.69, 9.17) is 11.6 Å². The summed E-state index contributed by atoms with van der Waals surface area (Å²) >= 11 is 7.63. The zero-order valence-electron chi connectivity index (χ0n) is 13.5. The van der Waals surface area contributed by atoms with Crippen molar-refractivity contribution in [1.29, 1.82) is 0 Å². The number of benzene rings is 1. The average molecular weight is 371 g/mol. The van der Waals surface area contributed by atoms with Gasteiger partial charge in [-0.25, -0.2) is 9.97 Å². The van der Waals surface area contributed by atoms with Gasteiger partial charge in [0.15, 0.2) is 0 Å². The van der Waals surface area contributed by atoms with Crippen molar-refractivity contribution in [3.05, 3.63) is 74.7 Å². The maximum absolute atomic E-state index is 12.2. The van der Waals surface area contributed by atoms with Crippen molar-refractivity contribution in [2.45, 2.75) is 13.1 Å². The summed E-state index contributed by atoms with van der Waals surface area (Å²) in [5.74, 6) is 0. The zero-order chi connectivity index (χ0) is 17.4. The van der Waals surface area contributed by atoms with Crippen LogP contribution < -0.4 is 5.56 Å². The van der Waals surface area contributed by atoms with Gasteiger partial charge in [-0.05, 0) is 31.3 Å². The van der Waals surface area contributed by atoms with Gasteiger partial charge in [-0.1, -0.05) is 23.7 Å². The minimum absolute atomic E-state index is 0.129. The summed E-state index contributed by atoms with van der Waals surface area (Å²) in [7, 11) is 2.00. The van der Waals surface area contributed by atoms with Crippen LogP contribution in [-0.4, -0.2) is 26.3 Å². The Morgan fingerprint density at radius 2 is 2.00 bits per heavy atom. The second-order valence-electron chi connectivity index (χ2n) is 5.91. The van der Waals surface area contributed by atoms with Crippen LogP contribution in [0.4, 0.5) is 0 Å². The minimum Gasteiger partial charge on any atom is -0.294 e. The van der Waals surface area contributed by atoms with Gasteiger partial charge >= 0.3 is 0 Å². The average Bonchev–Trinajstić information content (AvgIpc) is 2.97. The molecule has 4 rings (SSSR count). The first-order valence-electron chi connectivity index (χ1n) is 7.79. The van der Waals surface area contributed by atoms with Crippen molar-refractivity contribution in [3.63, 3.8) is 0 Å². The molecule has 0 bridgehead atoms. The summed E-state index contributed by atoms with van der Waals surface area (Å²) in [4.78, 5) is 23.5. The molecule has 5 nitrogen and oxygen atoms in total. The van der Waals surface area contributed by atoms with Crippen LogP contribution in [0.2, 0.25) is 5.02 Å². The largest absolute Gasteiger partial charge is 0.294 e. The van der Waals surface area contributed by atoms with Gasteiger partial charge in [0.1, 0.15) is 10.7 Å². The number of para-hydroxylation sites is 1. The molecular formula is C18H15ClN4OS. The molecule has 4 aromatic rings. The molecule has 25 heavy (non-hydrogen) atoms. The first kappa shape index (κ1) is 16.2. The molecule has 1 aromatic carbocycles. The summed E-state index contributed by atoms with van der Waals surface area (Å²) in [5.41, 5.74) is 2.22. The highest BCUT2D eigenvalue weighted by atomic mass is 35.5. The summed E-state index contributed by atoms with van der Waals surface area (Å²) in [6.45, 7) is 1.28. The molecule has 0 aliphatic rings. The van der Waals surface area contributed by atoms with Gasteiger partial charge in [0, 0.05) is 18.8 Å². The third-order valence-corrected chi connectivity index (χ3v) is 5.10. The Bertz CT molecular complexity index is 1090. The van der Waals surface area contributed by atoms with Crippen molar-refractivity contribution in [2.24, 2.45) is 0 Å². The van der Waals surface area contributed by atoms with Gasteiger partial charge in [-0.2, -0.15) is 0 Å². The lowest BCUT2D eigenvalue weighted by molar-refractivity contribution is 0.315. The number of halogens is 1. The van der Waals surface area contributed by atoms with Gasteiger partial charge in [0.2, 0.25) is 0 Å². The lowest BCUT2D eigenvalue weighted by Gasteiger charge is -2.14. The SMILES string of the molecule is CN(Cc1cc(=O)n2cc(Cl)ccc2n1)Cc1nc2ccccc2s1. The van der Waals surface area contributed by atoms with Crippen LogP contribution in [0.3, 0.4) is 0 Å². The van der Waals surface area contributed by atoms with Crippen LogP contribution in [0.5, 0.6) is 0 Å². The summed E-state index contributed by atoms with van der Waals surface area (Å²) < 4.78 is 2.64. The highest BCUT2D eigenvalue weighted by Gasteiger charge is 2.09. The van der Waals surface area contributed by atoms with Crippen molar-refractivity contribution in [1.82, 2.24) is 19.3 Å². The number of pyridine rings is 1. The van der Waals surface area contributed by atoms with Crippen molar-refractivity contribution >= 4 is 38.8 Å². The first-order chi connectivity index (χ1) is 12.1. The molecule has 0 N–H and O–H groups in total. The number of thiazole rings is 1. The Labute approximate surface area is 153 Å². The van der Waals surface area contributed by atoms with E-state index in [1.807, 2.05) is 25.2 Å². The number of hydrogen-bond donors (Lipinski definition) is 0. The van der Waals surface area contributed by atoms with Gasteiger partial charge in [-0.15, -0.1) is 11.3 Å². The predicted molar refractivity (Wildman–Crippen MR) is 101 cm³/mol. The second-order valence-corrected chi connectivity index (χ2v) is 7.46. The van der Waals surface area contributed by atoms with E-state index in [2.05, 4.69) is 20.9 Å². The Morgan fingerprint density at radius 3 is 2.84 bits per heavy atom. The molecule has 0 saturated carbocycles. The Morgan fingerprint density at radius 1 is 1.16 bits per heavy atom. The van der Waals surface area contributed by atoms with E-state index in [1.54, 1.807) is 35.7 Å². The van der Waals surface area contributed by atoms with Gasteiger partial charge in [0.05, 0.1) is 27.5 Å². The molecule has 126 valence electrons. The van der Waals surface area contributed by atoms with E-state index < -0.39 is 0 Å². The molecule has 3 heterocycles. The number of fused-ring (bicyclic) bond motifs is 2. The Kier molecular flexibility index (Phi) is 4.25. The molecule has 0 aliphatic carbocycles. The number of rotatable bonds is 4. The van der Waals surface area contributed by atoms with Crippen LogP contribution in [0, 0.1) is 0 Å². The van der Waals surface area contributed by atoms with Crippen LogP contribution in [0.15, 0.2) is 53.5 Å². The summed E-state index contributed by atoms with van der Waals surface area (Å²) in [6.07, 6.45) is 1.58. The third-order valence-electron chi connectivity index (χ3n) is 3.85. The van der Waals surface area contributed by atoms with Crippen LogP contribution in [-0.2, 0) is 13.1 Å². The molecule has 0 saturated heterocycles. The van der Waals surface area contributed by atoms with E-state index in [0.717, 1.165) is 16.2 Å². The number of nitrogens with zero attached hydrogens (tertiary/aromatic N) is 4. The quantitative estimate of drug-likeness (QED) is 0.551. The topological polar surface area (TPSA) is 50.5 Å². The lowest BCUT2D eigenvalue weighted by Crippen LogP contribution is -2.21. The highest BCUT2D eigenvalue weighted by Crippen LogP contribution is 2.22. The molecule has 0 aliphatic heterocycles. The van der Waals surface area contributed by atoms with E-state index in [1.165, 1.54) is 9.10 Å². The molecule has 0 radical (unpaired) electrons. The van der Waals surface area contributed by atoms with Gasteiger partial charge < -0.3 is 0 Å². The minimum atomic E-state index is -0.129. The first-order valence-corrected chi connectivity index (χ1v) is 8.99. The van der Waals surface area contributed by atoms with Gasteiger partial charge in [0.25, 0.3) is 5.56 Å². The van der Waals surface area contributed by atoms with E-state index >= 15 is 0 Å². The van der Waals surface area contributed by atoms with Crippen LogP contribution in [0.25, 0.3) is 15.9 Å². The number of hydrogen-bond acceptors (Lipinski definition) is 5.